The van der Waals surface area contributed by atoms with Gasteiger partial charge in [-0.05, 0) is 58.7 Å². The Balaban J connectivity index is 2.21. The van der Waals surface area contributed by atoms with E-state index in [9.17, 15) is 0 Å². The molecule has 0 bridgehead atoms. The Bertz CT molecular complexity index is 535. The lowest BCUT2D eigenvalue weighted by atomic mass is 10.2. The Labute approximate surface area is 116 Å². The molecule has 0 saturated carbocycles. The van der Waals surface area contributed by atoms with E-state index in [4.69, 9.17) is 0 Å². The fourth-order valence-electron chi connectivity index (χ4n) is 1.61. The summed E-state index contributed by atoms with van der Waals surface area (Å²) in [7, 11) is 4.06. The highest BCUT2D eigenvalue weighted by atomic mass is 79.9. The van der Waals surface area contributed by atoms with E-state index in [1.807, 2.05) is 39.2 Å². The summed E-state index contributed by atoms with van der Waals surface area (Å²) >= 11 is 3.54. The lowest BCUT2D eigenvalue weighted by Gasteiger charge is -2.14. The predicted molar refractivity (Wildman–Crippen MR) is 80.7 cm³/mol. The van der Waals surface area contributed by atoms with Gasteiger partial charge in [-0.3, -0.25) is 0 Å². The molecule has 0 saturated heterocycles. The van der Waals surface area contributed by atoms with Crippen molar-refractivity contribution < 1.29 is 0 Å². The zero-order valence-corrected chi connectivity index (χ0v) is 12.3. The molecule has 2 rings (SSSR count). The van der Waals surface area contributed by atoms with Crippen LogP contribution in [0.3, 0.4) is 0 Å². The largest absolute Gasteiger partial charge is 0.378 e. The second-order valence-electron chi connectivity index (χ2n) is 4.36. The van der Waals surface area contributed by atoms with Gasteiger partial charge >= 0.3 is 0 Å². The van der Waals surface area contributed by atoms with Gasteiger partial charge in [0.05, 0.1) is 4.47 Å². The fraction of sp³-hybridized carbons (Fsp3) is 0.214. The van der Waals surface area contributed by atoms with Gasteiger partial charge in [0.25, 0.3) is 0 Å². The number of hydrogen-bond donors (Lipinski definition) is 1. The van der Waals surface area contributed by atoms with Crippen LogP contribution in [0.5, 0.6) is 0 Å². The van der Waals surface area contributed by atoms with Gasteiger partial charge in [-0.15, -0.1) is 0 Å². The molecule has 0 atom stereocenters. The topological polar surface area (TPSA) is 28.2 Å². The molecule has 94 valence electrons. The Kier molecular flexibility index (Phi) is 3.87. The van der Waals surface area contributed by atoms with E-state index in [1.165, 1.54) is 5.69 Å². The van der Waals surface area contributed by atoms with Crippen molar-refractivity contribution in [2.45, 2.75) is 6.92 Å². The third kappa shape index (κ3) is 2.82. The van der Waals surface area contributed by atoms with Gasteiger partial charge in [0.15, 0.2) is 0 Å². The van der Waals surface area contributed by atoms with Gasteiger partial charge in [0.1, 0.15) is 5.82 Å². The van der Waals surface area contributed by atoms with Gasteiger partial charge in [-0.25, -0.2) is 4.98 Å². The van der Waals surface area contributed by atoms with Crippen molar-refractivity contribution in [2.24, 2.45) is 0 Å². The summed E-state index contributed by atoms with van der Waals surface area (Å²) < 4.78 is 1.00. The number of rotatable bonds is 3. The first kappa shape index (κ1) is 12.9. The van der Waals surface area contributed by atoms with Gasteiger partial charge in [0.2, 0.25) is 0 Å². The quantitative estimate of drug-likeness (QED) is 0.930. The molecule has 1 aromatic carbocycles. The summed E-state index contributed by atoms with van der Waals surface area (Å²) in [6.07, 6.45) is 1.80. The molecular formula is C14H16BrN3. The summed E-state index contributed by atoms with van der Waals surface area (Å²) in [5.74, 6) is 0.840. The summed E-state index contributed by atoms with van der Waals surface area (Å²) in [6.45, 7) is 2.05. The number of benzene rings is 1. The van der Waals surface area contributed by atoms with Crippen molar-refractivity contribution in [2.75, 3.05) is 24.3 Å². The number of nitrogens with one attached hydrogen (secondary N) is 1. The number of pyridine rings is 1. The second-order valence-corrected chi connectivity index (χ2v) is 5.15. The van der Waals surface area contributed by atoms with Gasteiger partial charge in [-0.2, -0.15) is 0 Å². The molecule has 4 heteroatoms. The minimum atomic E-state index is 0.840. The molecule has 2 aromatic rings. The summed E-state index contributed by atoms with van der Waals surface area (Å²) in [5.41, 5.74) is 3.37. The lowest BCUT2D eigenvalue weighted by Crippen LogP contribution is -2.08. The highest BCUT2D eigenvalue weighted by Gasteiger charge is 2.04. The molecule has 0 spiro atoms. The molecular weight excluding hydrogens is 290 g/mol. The Morgan fingerprint density at radius 3 is 2.39 bits per heavy atom. The van der Waals surface area contributed by atoms with E-state index >= 15 is 0 Å². The molecule has 3 nitrogen and oxygen atoms in total. The van der Waals surface area contributed by atoms with E-state index in [0.717, 1.165) is 21.5 Å². The first-order valence-corrected chi connectivity index (χ1v) is 6.53. The van der Waals surface area contributed by atoms with Gasteiger partial charge in [-0.1, -0.05) is 0 Å². The fourth-order valence-corrected chi connectivity index (χ4v) is 1.94. The molecule has 1 heterocycles. The van der Waals surface area contributed by atoms with Crippen LogP contribution >= 0.6 is 15.9 Å². The second kappa shape index (κ2) is 5.40. The predicted octanol–water partition coefficient (Wildman–Crippen LogP) is 3.96. The zero-order chi connectivity index (χ0) is 13.1. The van der Waals surface area contributed by atoms with Crippen LogP contribution in [0.2, 0.25) is 0 Å². The lowest BCUT2D eigenvalue weighted by molar-refractivity contribution is 1.13. The van der Waals surface area contributed by atoms with Crippen LogP contribution in [-0.2, 0) is 0 Å². The van der Waals surface area contributed by atoms with E-state index in [1.54, 1.807) is 6.20 Å². The minimum absolute atomic E-state index is 0.840. The first-order valence-electron chi connectivity index (χ1n) is 5.73. The SMILES string of the molecule is Cc1ccnc(Nc2ccc(N(C)C)cc2)c1Br. The summed E-state index contributed by atoms with van der Waals surface area (Å²) in [5, 5.41) is 3.30. The third-order valence-electron chi connectivity index (χ3n) is 2.73. The molecule has 0 unspecified atom stereocenters. The molecule has 0 fully saturated rings. The number of anilines is 3. The van der Waals surface area contributed by atoms with Crippen LogP contribution in [0.15, 0.2) is 41.0 Å². The maximum atomic E-state index is 4.32. The Hall–Kier alpha value is -1.55. The molecule has 18 heavy (non-hydrogen) atoms. The summed E-state index contributed by atoms with van der Waals surface area (Å²) in [6, 6.07) is 10.2. The maximum absolute atomic E-state index is 4.32. The van der Waals surface area contributed by atoms with Crippen molar-refractivity contribution in [1.29, 1.82) is 0 Å². The average Bonchev–Trinajstić information content (AvgIpc) is 2.36. The number of aromatic nitrogens is 1. The average molecular weight is 306 g/mol. The smallest absolute Gasteiger partial charge is 0.144 e. The molecule has 0 aliphatic carbocycles. The van der Waals surface area contributed by atoms with Crippen molar-refractivity contribution >= 4 is 33.1 Å². The van der Waals surface area contributed by atoms with E-state index in [-0.39, 0.29) is 0 Å². The highest BCUT2D eigenvalue weighted by molar-refractivity contribution is 9.10. The molecule has 0 amide bonds. The van der Waals surface area contributed by atoms with Crippen LogP contribution in [0.25, 0.3) is 0 Å². The van der Waals surface area contributed by atoms with E-state index in [2.05, 4.69) is 43.3 Å². The van der Waals surface area contributed by atoms with Crippen molar-refractivity contribution in [3.63, 3.8) is 0 Å². The monoisotopic (exact) mass is 305 g/mol. The summed E-state index contributed by atoms with van der Waals surface area (Å²) in [4.78, 5) is 6.40. The molecule has 0 aliphatic heterocycles. The maximum Gasteiger partial charge on any atom is 0.144 e. The van der Waals surface area contributed by atoms with Crippen molar-refractivity contribution in [3.8, 4) is 0 Å². The molecule has 0 radical (unpaired) electrons. The van der Waals surface area contributed by atoms with E-state index in [0.29, 0.717) is 0 Å². The normalized spacial score (nSPS) is 10.2. The van der Waals surface area contributed by atoms with Gasteiger partial charge in [0, 0.05) is 31.7 Å². The first-order chi connectivity index (χ1) is 8.58. The number of hydrogen-bond acceptors (Lipinski definition) is 3. The molecule has 1 N–H and O–H groups in total. The van der Waals surface area contributed by atoms with Crippen molar-refractivity contribution in [3.05, 3.63) is 46.6 Å². The van der Waals surface area contributed by atoms with Crippen LogP contribution in [0.4, 0.5) is 17.2 Å². The van der Waals surface area contributed by atoms with Crippen LogP contribution in [-0.4, -0.2) is 19.1 Å². The van der Waals surface area contributed by atoms with Crippen LogP contribution < -0.4 is 10.2 Å². The Morgan fingerprint density at radius 1 is 1.11 bits per heavy atom. The minimum Gasteiger partial charge on any atom is -0.378 e. The molecule has 0 aliphatic rings. The zero-order valence-electron chi connectivity index (χ0n) is 10.7. The van der Waals surface area contributed by atoms with Gasteiger partial charge < -0.3 is 10.2 Å². The third-order valence-corrected chi connectivity index (χ3v) is 3.73. The number of aryl methyl sites for hydroxylation is 1. The number of nitrogens with zero attached hydrogens (tertiary/aromatic N) is 2. The molecule has 1 aromatic heterocycles. The standard InChI is InChI=1S/C14H16BrN3/c1-10-8-9-16-14(13(10)15)17-11-4-6-12(7-5-11)18(2)3/h4-9H,1-3H3,(H,16,17). The number of halogens is 1. The van der Waals surface area contributed by atoms with Crippen LogP contribution in [0.1, 0.15) is 5.56 Å². The van der Waals surface area contributed by atoms with Crippen LogP contribution in [0, 0.1) is 6.92 Å². The van der Waals surface area contributed by atoms with Crippen molar-refractivity contribution in [1.82, 2.24) is 4.98 Å². The highest BCUT2D eigenvalue weighted by Crippen LogP contribution is 2.27. The van der Waals surface area contributed by atoms with E-state index < -0.39 is 0 Å². The Morgan fingerprint density at radius 2 is 1.78 bits per heavy atom.